The lowest BCUT2D eigenvalue weighted by Gasteiger charge is -2.15. The Bertz CT molecular complexity index is 422. The molecule has 0 spiro atoms. The van der Waals surface area contributed by atoms with Gasteiger partial charge < -0.3 is 5.32 Å². The number of halogens is 1. The maximum Gasteiger partial charge on any atom is 0.251 e. The van der Waals surface area contributed by atoms with Crippen LogP contribution in [0.2, 0.25) is 0 Å². The Labute approximate surface area is 113 Å². The van der Waals surface area contributed by atoms with E-state index in [2.05, 4.69) is 5.32 Å². The summed E-state index contributed by atoms with van der Waals surface area (Å²) in [5.74, 6) is -0.274. The minimum absolute atomic E-state index is 0. The zero-order valence-electron chi connectivity index (χ0n) is 10.3. The average molecular weight is 269 g/mol. The van der Waals surface area contributed by atoms with Crippen LogP contribution < -0.4 is 10.2 Å². The standard InChI is InChI=1S/C13H16N2O2.ClH/c1-2-8-14-11-9-12(16)15(13(11)17)10-6-4-3-5-7-10;/h3-7,11,14H,2,8-9H2,1H3;1H. The fraction of sp³-hybridized carbons (Fsp3) is 0.385. The van der Waals surface area contributed by atoms with Crippen LogP contribution in [0.3, 0.4) is 0 Å². The number of carbonyl (C=O) groups excluding carboxylic acids is 2. The van der Waals surface area contributed by atoms with Gasteiger partial charge in [0.25, 0.3) is 5.91 Å². The van der Waals surface area contributed by atoms with Gasteiger partial charge in [-0.2, -0.15) is 0 Å². The summed E-state index contributed by atoms with van der Waals surface area (Å²) in [6.45, 7) is 2.79. The molecule has 1 saturated heterocycles. The lowest BCUT2D eigenvalue weighted by atomic mass is 10.2. The second-order valence-electron chi connectivity index (χ2n) is 4.11. The third kappa shape index (κ3) is 2.89. The summed E-state index contributed by atoms with van der Waals surface area (Å²) in [7, 11) is 0. The Morgan fingerprint density at radius 1 is 1.28 bits per heavy atom. The molecule has 0 radical (unpaired) electrons. The zero-order valence-corrected chi connectivity index (χ0v) is 11.1. The number of benzene rings is 1. The van der Waals surface area contributed by atoms with Gasteiger partial charge in [-0.3, -0.25) is 9.59 Å². The van der Waals surface area contributed by atoms with E-state index in [1.165, 1.54) is 4.90 Å². The topological polar surface area (TPSA) is 49.4 Å². The normalized spacial score (nSPS) is 18.9. The number of hydrogen-bond acceptors (Lipinski definition) is 3. The highest BCUT2D eigenvalue weighted by Crippen LogP contribution is 2.22. The van der Waals surface area contributed by atoms with Crippen molar-refractivity contribution in [1.29, 1.82) is 0 Å². The van der Waals surface area contributed by atoms with Crippen molar-refractivity contribution in [3.05, 3.63) is 30.3 Å². The predicted molar refractivity (Wildman–Crippen MR) is 72.9 cm³/mol. The summed E-state index contributed by atoms with van der Waals surface area (Å²) in [4.78, 5) is 25.2. The van der Waals surface area contributed by atoms with E-state index in [1.54, 1.807) is 12.1 Å². The second kappa shape index (κ2) is 6.52. The number of nitrogens with zero attached hydrogens (tertiary/aromatic N) is 1. The van der Waals surface area contributed by atoms with Crippen LogP contribution in [0.1, 0.15) is 19.8 Å². The molecule has 1 fully saturated rings. The average Bonchev–Trinajstić information content (AvgIpc) is 2.63. The van der Waals surface area contributed by atoms with Crippen LogP contribution >= 0.6 is 12.4 Å². The maximum absolute atomic E-state index is 12.1. The van der Waals surface area contributed by atoms with Gasteiger partial charge in [-0.15, -0.1) is 12.4 Å². The number of para-hydroxylation sites is 1. The van der Waals surface area contributed by atoms with Crippen molar-refractivity contribution < 1.29 is 9.59 Å². The van der Waals surface area contributed by atoms with Gasteiger partial charge in [-0.1, -0.05) is 25.1 Å². The molecular weight excluding hydrogens is 252 g/mol. The van der Waals surface area contributed by atoms with Crippen LogP contribution in [0.15, 0.2) is 30.3 Å². The molecule has 0 aromatic heterocycles. The van der Waals surface area contributed by atoms with Gasteiger partial charge in [0.1, 0.15) is 0 Å². The van der Waals surface area contributed by atoms with E-state index in [1.807, 2.05) is 25.1 Å². The summed E-state index contributed by atoms with van der Waals surface area (Å²) < 4.78 is 0. The van der Waals surface area contributed by atoms with E-state index in [9.17, 15) is 9.59 Å². The van der Waals surface area contributed by atoms with Crippen LogP contribution in [0, 0.1) is 0 Å². The Morgan fingerprint density at radius 3 is 2.56 bits per heavy atom. The molecule has 5 heteroatoms. The van der Waals surface area contributed by atoms with Crippen LogP contribution in [0.25, 0.3) is 0 Å². The number of amides is 2. The van der Waals surface area contributed by atoms with Gasteiger partial charge in [0, 0.05) is 0 Å². The number of hydrogen-bond donors (Lipinski definition) is 1. The van der Waals surface area contributed by atoms with Crippen molar-refractivity contribution in [3.63, 3.8) is 0 Å². The molecule has 0 saturated carbocycles. The molecule has 2 rings (SSSR count). The Kier molecular flexibility index (Phi) is 5.31. The minimum Gasteiger partial charge on any atom is -0.305 e. The van der Waals surface area contributed by atoms with Crippen LogP contribution in [-0.4, -0.2) is 24.4 Å². The first-order chi connectivity index (χ1) is 8.24. The van der Waals surface area contributed by atoms with Gasteiger partial charge in [-0.25, -0.2) is 4.90 Å². The van der Waals surface area contributed by atoms with Gasteiger partial charge in [0.05, 0.1) is 18.2 Å². The van der Waals surface area contributed by atoms with Crippen LogP contribution in [0.4, 0.5) is 5.69 Å². The van der Waals surface area contributed by atoms with Gasteiger partial charge in [0.15, 0.2) is 0 Å². The van der Waals surface area contributed by atoms with Crippen LogP contribution in [-0.2, 0) is 9.59 Å². The Morgan fingerprint density at radius 2 is 1.94 bits per heavy atom. The Balaban J connectivity index is 0.00000162. The van der Waals surface area contributed by atoms with E-state index >= 15 is 0 Å². The lowest BCUT2D eigenvalue weighted by molar-refractivity contribution is -0.121. The number of anilines is 1. The van der Waals surface area contributed by atoms with Crippen molar-refractivity contribution in [2.75, 3.05) is 11.4 Å². The van der Waals surface area contributed by atoms with Crippen molar-refractivity contribution in [2.24, 2.45) is 0 Å². The van der Waals surface area contributed by atoms with Crippen LogP contribution in [0.5, 0.6) is 0 Å². The molecule has 1 aliphatic heterocycles. The molecule has 2 amide bonds. The molecule has 1 heterocycles. The molecule has 1 aromatic carbocycles. The zero-order chi connectivity index (χ0) is 12.3. The first-order valence-electron chi connectivity index (χ1n) is 5.89. The number of imide groups is 1. The van der Waals surface area contributed by atoms with Crippen molar-refractivity contribution in [1.82, 2.24) is 5.32 Å². The fourth-order valence-corrected chi connectivity index (χ4v) is 1.96. The highest BCUT2D eigenvalue weighted by molar-refractivity contribution is 6.22. The molecule has 98 valence electrons. The monoisotopic (exact) mass is 268 g/mol. The largest absolute Gasteiger partial charge is 0.305 e. The predicted octanol–water partition coefficient (Wildman–Crippen LogP) is 1.74. The summed E-state index contributed by atoms with van der Waals surface area (Å²) in [6, 6.07) is 8.70. The van der Waals surface area contributed by atoms with E-state index in [-0.39, 0.29) is 36.7 Å². The second-order valence-corrected chi connectivity index (χ2v) is 4.11. The summed E-state index contributed by atoms with van der Waals surface area (Å²) in [6.07, 6.45) is 1.21. The smallest absolute Gasteiger partial charge is 0.251 e. The highest BCUT2D eigenvalue weighted by Gasteiger charge is 2.38. The van der Waals surface area contributed by atoms with Crippen molar-refractivity contribution >= 4 is 29.9 Å². The highest BCUT2D eigenvalue weighted by atomic mass is 35.5. The fourth-order valence-electron chi connectivity index (χ4n) is 1.96. The van der Waals surface area contributed by atoms with Gasteiger partial charge >= 0.3 is 0 Å². The van der Waals surface area contributed by atoms with E-state index in [4.69, 9.17) is 0 Å². The molecule has 1 unspecified atom stereocenters. The molecule has 18 heavy (non-hydrogen) atoms. The third-order valence-electron chi connectivity index (χ3n) is 2.80. The quantitative estimate of drug-likeness (QED) is 0.847. The van der Waals surface area contributed by atoms with Gasteiger partial charge in [0.2, 0.25) is 5.91 Å². The first kappa shape index (κ1) is 14.7. The Hall–Kier alpha value is -1.39. The molecule has 1 aromatic rings. The molecule has 4 nitrogen and oxygen atoms in total. The molecule has 0 aliphatic carbocycles. The maximum atomic E-state index is 12.1. The van der Waals surface area contributed by atoms with Crippen molar-refractivity contribution in [3.8, 4) is 0 Å². The first-order valence-corrected chi connectivity index (χ1v) is 5.89. The molecule has 1 N–H and O–H groups in total. The number of carbonyl (C=O) groups is 2. The molecular formula is C13H17ClN2O2. The molecule has 1 atom stereocenters. The minimum atomic E-state index is -0.359. The summed E-state index contributed by atoms with van der Waals surface area (Å²) >= 11 is 0. The third-order valence-corrected chi connectivity index (χ3v) is 2.80. The lowest BCUT2D eigenvalue weighted by Crippen LogP contribution is -2.39. The summed E-state index contributed by atoms with van der Waals surface area (Å²) in [5.41, 5.74) is 0.656. The number of nitrogens with one attached hydrogen (secondary N) is 1. The van der Waals surface area contributed by atoms with E-state index in [0.29, 0.717) is 5.69 Å². The SMILES string of the molecule is CCCNC1CC(=O)N(c2ccccc2)C1=O.Cl. The van der Waals surface area contributed by atoms with Crippen molar-refractivity contribution in [2.45, 2.75) is 25.8 Å². The number of rotatable bonds is 4. The van der Waals surface area contributed by atoms with E-state index in [0.717, 1.165) is 13.0 Å². The molecule has 1 aliphatic rings. The van der Waals surface area contributed by atoms with Gasteiger partial charge in [-0.05, 0) is 25.1 Å². The van der Waals surface area contributed by atoms with E-state index < -0.39 is 0 Å². The molecule has 0 bridgehead atoms. The summed E-state index contributed by atoms with van der Waals surface area (Å²) in [5, 5.41) is 3.10.